The highest BCUT2D eigenvalue weighted by Crippen LogP contribution is 2.36. The van der Waals surface area contributed by atoms with E-state index in [0.29, 0.717) is 0 Å². The molecule has 2 aliphatic heterocycles. The SMILES string of the molecule is C=CCOC[C@@]1(O[C@H]2O[C@H](CO)[C@@H](O)[C@H](O)[C@H]2O)O[C@H](CO)[C@@H](O)[C@@H]1O. The number of rotatable bonds is 8. The molecule has 0 amide bonds. The number of aliphatic hydroxyl groups is 7. The summed E-state index contributed by atoms with van der Waals surface area (Å²) in [6.07, 6.45) is -10.9. The Labute approximate surface area is 149 Å². The zero-order valence-electron chi connectivity index (χ0n) is 14.0. The van der Waals surface area contributed by atoms with Crippen LogP contribution < -0.4 is 0 Å². The molecular weight excluding hydrogens is 356 g/mol. The summed E-state index contributed by atoms with van der Waals surface area (Å²) in [4.78, 5) is 0. The molecule has 152 valence electrons. The Kier molecular flexibility index (Phi) is 7.47. The monoisotopic (exact) mass is 382 g/mol. The van der Waals surface area contributed by atoms with E-state index < -0.39 is 74.6 Å². The van der Waals surface area contributed by atoms with Crippen LogP contribution in [0.1, 0.15) is 0 Å². The molecule has 0 radical (unpaired) electrons. The highest BCUT2D eigenvalue weighted by atomic mass is 16.8. The Morgan fingerprint density at radius 3 is 2.12 bits per heavy atom. The summed E-state index contributed by atoms with van der Waals surface area (Å²) >= 11 is 0. The van der Waals surface area contributed by atoms with Crippen molar-refractivity contribution in [2.75, 3.05) is 26.4 Å². The molecule has 2 saturated heterocycles. The van der Waals surface area contributed by atoms with Crippen molar-refractivity contribution in [1.29, 1.82) is 0 Å². The van der Waals surface area contributed by atoms with Crippen LogP contribution in [-0.4, -0.2) is 117 Å². The van der Waals surface area contributed by atoms with E-state index >= 15 is 0 Å². The quantitative estimate of drug-likeness (QED) is 0.160. The van der Waals surface area contributed by atoms with Gasteiger partial charge in [0.25, 0.3) is 0 Å². The number of hydrogen-bond donors (Lipinski definition) is 7. The lowest BCUT2D eigenvalue weighted by Crippen LogP contribution is -2.62. The first kappa shape index (κ1) is 21.6. The molecule has 0 aromatic carbocycles. The van der Waals surface area contributed by atoms with Crippen molar-refractivity contribution in [3.8, 4) is 0 Å². The smallest absolute Gasteiger partial charge is 0.224 e. The predicted molar refractivity (Wildman–Crippen MR) is 82.6 cm³/mol. The molecule has 26 heavy (non-hydrogen) atoms. The van der Waals surface area contributed by atoms with E-state index in [-0.39, 0.29) is 6.61 Å². The standard InChI is InChI=1S/C15H26O11/c1-2-3-23-6-15(13(22)10(19)8(5-17)25-15)26-14-12(21)11(20)9(18)7(4-16)24-14/h2,7-14,16-22H,1,3-6H2/t7-,8-,9-,10-,11+,12-,13+,14-,15+/m1/s1. The summed E-state index contributed by atoms with van der Waals surface area (Å²) in [6.45, 7) is 1.80. The molecule has 0 saturated carbocycles. The van der Waals surface area contributed by atoms with Crippen LogP contribution in [0.15, 0.2) is 12.7 Å². The largest absolute Gasteiger partial charge is 0.394 e. The Hall–Kier alpha value is -0.700. The lowest BCUT2D eigenvalue weighted by Gasteiger charge is -2.43. The average Bonchev–Trinajstić information content (AvgIpc) is 2.87. The molecule has 2 aliphatic rings. The van der Waals surface area contributed by atoms with Gasteiger partial charge < -0.3 is 54.7 Å². The maximum Gasteiger partial charge on any atom is 0.224 e. The first-order valence-corrected chi connectivity index (χ1v) is 8.13. The van der Waals surface area contributed by atoms with Crippen molar-refractivity contribution >= 4 is 0 Å². The predicted octanol–water partition coefficient (Wildman–Crippen LogP) is -4.19. The van der Waals surface area contributed by atoms with Crippen molar-refractivity contribution < 1.29 is 54.7 Å². The van der Waals surface area contributed by atoms with Gasteiger partial charge in [-0.3, -0.25) is 0 Å². The van der Waals surface area contributed by atoms with Crippen molar-refractivity contribution in [2.45, 2.75) is 54.8 Å². The molecule has 0 bridgehead atoms. The summed E-state index contributed by atoms with van der Waals surface area (Å²) in [7, 11) is 0. The molecule has 7 N–H and O–H groups in total. The molecule has 2 rings (SSSR count). The van der Waals surface area contributed by atoms with Gasteiger partial charge in [-0.25, -0.2) is 0 Å². The first-order valence-electron chi connectivity index (χ1n) is 8.13. The minimum Gasteiger partial charge on any atom is -0.394 e. The number of hydrogen-bond acceptors (Lipinski definition) is 11. The molecule has 2 heterocycles. The molecule has 11 nitrogen and oxygen atoms in total. The lowest BCUT2D eigenvalue weighted by atomic mass is 9.99. The van der Waals surface area contributed by atoms with E-state index in [1.807, 2.05) is 0 Å². The Bertz CT molecular complexity index is 461. The molecule has 0 unspecified atom stereocenters. The average molecular weight is 382 g/mol. The van der Waals surface area contributed by atoms with Gasteiger partial charge >= 0.3 is 0 Å². The third-order valence-corrected chi connectivity index (χ3v) is 4.39. The molecule has 11 heteroatoms. The van der Waals surface area contributed by atoms with Crippen molar-refractivity contribution in [3.63, 3.8) is 0 Å². The third kappa shape index (κ3) is 4.08. The molecule has 0 aromatic rings. The van der Waals surface area contributed by atoms with E-state index in [2.05, 4.69) is 6.58 Å². The molecule has 2 fully saturated rings. The van der Waals surface area contributed by atoms with Gasteiger partial charge in [0, 0.05) is 0 Å². The topological polar surface area (TPSA) is 179 Å². The van der Waals surface area contributed by atoms with Crippen LogP contribution in [0.5, 0.6) is 0 Å². The van der Waals surface area contributed by atoms with Crippen LogP contribution in [0.2, 0.25) is 0 Å². The van der Waals surface area contributed by atoms with Crippen LogP contribution >= 0.6 is 0 Å². The molecule has 0 spiro atoms. The molecular formula is C15H26O11. The fourth-order valence-electron chi connectivity index (χ4n) is 2.90. The van der Waals surface area contributed by atoms with Crippen LogP contribution in [0.25, 0.3) is 0 Å². The highest BCUT2D eigenvalue weighted by molar-refractivity contribution is 4.99. The number of aliphatic hydroxyl groups excluding tert-OH is 7. The molecule has 0 aliphatic carbocycles. The summed E-state index contributed by atoms with van der Waals surface area (Å²) in [5.74, 6) is -2.04. The Balaban J connectivity index is 2.22. The van der Waals surface area contributed by atoms with E-state index in [1.165, 1.54) is 6.08 Å². The second-order valence-electron chi connectivity index (χ2n) is 6.21. The minimum absolute atomic E-state index is 0.0513. The van der Waals surface area contributed by atoms with Crippen molar-refractivity contribution in [2.24, 2.45) is 0 Å². The van der Waals surface area contributed by atoms with Gasteiger partial charge in [0.15, 0.2) is 6.29 Å². The summed E-state index contributed by atoms with van der Waals surface area (Å²) < 4.78 is 21.4. The van der Waals surface area contributed by atoms with Gasteiger partial charge in [-0.2, -0.15) is 0 Å². The van der Waals surface area contributed by atoms with Crippen molar-refractivity contribution in [3.05, 3.63) is 12.7 Å². The van der Waals surface area contributed by atoms with Gasteiger partial charge in [0.2, 0.25) is 5.79 Å². The fraction of sp³-hybridized carbons (Fsp3) is 0.867. The highest BCUT2D eigenvalue weighted by Gasteiger charge is 2.58. The summed E-state index contributed by atoms with van der Waals surface area (Å²) in [6, 6.07) is 0. The summed E-state index contributed by atoms with van der Waals surface area (Å²) in [5.41, 5.74) is 0. The van der Waals surface area contributed by atoms with Crippen LogP contribution in [0, 0.1) is 0 Å². The van der Waals surface area contributed by atoms with E-state index in [1.54, 1.807) is 0 Å². The lowest BCUT2D eigenvalue weighted by molar-refractivity contribution is -0.385. The normalized spacial score (nSPS) is 46.4. The third-order valence-electron chi connectivity index (χ3n) is 4.39. The van der Waals surface area contributed by atoms with Crippen LogP contribution in [-0.2, 0) is 18.9 Å². The van der Waals surface area contributed by atoms with Crippen LogP contribution in [0.3, 0.4) is 0 Å². The minimum atomic E-state index is -2.04. The Morgan fingerprint density at radius 2 is 1.58 bits per heavy atom. The first-order chi connectivity index (χ1) is 12.3. The van der Waals surface area contributed by atoms with Gasteiger partial charge in [0.1, 0.15) is 49.3 Å². The van der Waals surface area contributed by atoms with E-state index in [0.717, 1.165) is 0 Å². The number of ether oxygens (including phenoxy) is 4. The van der Waals surface area contributed by atoms with Gasteiger partial charge in [-0.05, 0) is 0 Å². The Morgan fingerprint density at radius 1 is 0.923 bits per heavy atom. The fourth-order valence-corrected chi connectivity index (χ4v) is 2.90. The summed E-state index contributed by atoms with van der Waals surface area (Å²) in [5, 5.41) is 68.6. The molecule has 9 atom stereocenters. The van der Waals surface area contributed by atoms with Gasteiger partial charge in [-0.1, -0.05) is 6.08 Å². The van der Waals surface area contributed by atoms with Gasteiger partial charge in [-0.15, -0.1) is 6.58 Å². The van der Waals surface area contributed by atoms with E-state index in [9.17, 15) is 35.7 Å². The van der Waals surface area contributed by atoms with Crippen LogP contribution in [0.4, 0.5) is 0 Å². The zero-order chi connectivity index (χ0) is 19.5. The van der Waals surface area contributed by atoms with Gasteiger partial charge in [0.05, 0.1) is 19.8 Å². The maximum atomic E-state index is 10.4. The van der Waals surface area contributed by atoms with Crippen molar-refractivity contribution in [1.82, 2.24) is 0 Å². The molecule has 0 aromatic heterocycles. The second-order valence-corrected chi connectivity index (χ2v) is 6.21. The zero-order valence-corrected chi connectivity index (χ0v) is 14.0. The second kappa shape index (κ2) is 8.99. The maximum absolute atomic E-state index is 10.4. The van der Waals surface area contributed by atoms with E-state index in [4.69, 9.17) is 18.9 Å².